The number of rotatable bonds is 9. The van der Waals surface area contributed by atoms with E-state index in [0.29, 0.717) is 54.8 Å². The summed E-state index contributed by atoms with van der Waals surface area (Å²) < 4.78 is 21.2. The van der Waals surface area contributed by atoms with Crippen molar-refractivity contribution in [2.45, 2.75) is 26.8 Å². The highest BCUT2D eigenvalue weighted by Crippen LogP contribution is 2.32. The Bertz CT molecular complexity index is 876. The molecule has 8 nitrogen and oxygen atoms in total. The molecule has 0 saturated heterocycles. The number of amides is 2. The fraction of sp³-hybridized carbons (Fsp3) is 0.429. The number of fused-ring (bicyclic) bond motifs is 1. The predicted molar refractivity (Wildman–Crippen MR) is 105 cm³/mol. The molecule has 29 heavy (non-hydrogen) atoms. The van der Waals surface area contributed by atoms with E-state index in [0.717, 1.165) is 5.56 Å². The number of benzene rings is 1. The second-order valence-electron chi connectivity index (χ2n) is 6.83. The number of ether oxygens (including phenoxy) is 3. The van der Waals surface area contributed by atoms with Crippen molar-refractivity contribution in [3.05, 3.63) is 46.9 Å². The lowest BCUT2D eigenvalue weighted by Crippen LogP contribution is -2.37. The van der Waals surface area contributed by atoms with Gasteiger partial charge in [-0.2, -0.15) is 0 Å². The van der Waals surface area contributed by atoms with Crippen LogP contribution in [0, 0.1) is 13.8 Å². The highest BCUT2D eigenvalue weighted by atomic mass is 16.7. The summed E-state index contributed by atoms with van der Waals surface area (Å²) in [4.78, 5) is 26.8. The zero-order valence-corrected chi connectivity index (χ0v) is 16.9. The van der Waals surface area contributed by atoms with Crippen LogP contribution < -0.4 is 14.8 Å². The molecule has 0 radical (unpaired) electrons. The van der Waals surface area contributed by atoms with Crippen molar-refractivity contribution in [1.82, 2.24) is 10.2 Å². The van der Waals surface area contributed by atoms with Gasteiger partial charge in [0.1, 0.15) is 11.5 Å². The first-order valence-corrected chi connectivity index (χ1v) is 9.48. The Morgan fingerprint density at radius 1 is 1.14 bits per heavy atom. The van der Waals surface area contributed by atoms with Crippen LogP contribution >= 0.6 is 0 Å². The van der Waals surface area contributed by atoms with Crippen LogP contribution in [-0.2, 0) is 16.1 Å². The zero-order valence-electron chi connectivity index (χ0n) is 16.9. The normalized spacial score (nSPS) is 12.1. The molecular weight excluding hydrogens is 376 g/mol. The minimum absolute atomic E-state index is 0.141. The van der Waals surface area contributed by atoms with Gasteiger partial charge in [-0.15, -0.1) is 0 Å². The van der Waals surface area contributed by atoms with Crippen molar-refractivity contribution < 1.29 is 28.2 Å². The van der Waals surface area contributed by atoms with Gasteiger partial charge in [0, 0.05) is 33.2 Å². The summed E-state index contributed by atoms with van der Waals surface area (Å²) in [6.07, 6.45) is 0.190. The molecule has 1 aromatic carbocycles. The van der Waals surface area contributed by atoms with E-state index in [1.807, 2.05) is 18.2 Å². The SMILES string of the molecule is COCCN(CCC(=O)NCc1ccc2c(c1)OCO2)C(=O)c1cc(C)oc1C. The number of hydrogen-bond acceptors (Lipinski definition) is 6. The average Bonchev–Trinajstić information content (AvgIpc) is 3.31. The summed E-state index contributed by atoms with van der Waals surface area (Å²) in [7, 11) is 1.58. The molecule has 8 heteroatoms. The maximum atomic E-state index is 12.8. The number of furan rings is 1. The molecule has 1 aliphatic heterocycles. The van der Waals surface area contributed by atoms with Crippen LogP contribution in [-0.4, -0.2) is 50.3 Å². The number of hydrogen-bond donors (Lipinski definition) is 1. The van der Waals surface area contributed by atoms with Gasteiger partial charge >= 0.3 is 0 Å². The lowest BCUT2D eigenvalue weighted by atomic mass is 10.2. The Kier molecular flexibility index (Phi) is 6.77. The molecular formula is C21H26N2O6. The fourth-order valence-electron chi connectivity index (χ4n) is 3.11. The van der Waals surface area contributed by atoms with Crippen molar-refractivity contribution in [2.75, 3.05) is 33.6 Å². The summed E-state index contributed by atoms with van der Waals surface area (Å²) in [5, 5.41) is 2.87. The minimum atomic E-state index is -0.167. The molecule has 1 aromatic heterocycles. The van der Waals surface area contributed by atoms with Crippen LogP contribution in [0.2, 0.25) is 0 Å². The molecule has 1 N–H and O–H groups in total. The maximum absolute atomic E-state index is 12.8. The van der Waals surface area contributed by atoms with E-state index in [2.05, 4.69) is 5.32 Å². The zero-order chi connectivity index (χ0) is 20.8. The average molecular weight is 402 g/mol. The second kappa shape index (κ2) is 9.47. The molecule has 0 saturated carbocycles. The van der Waals surface area contributed by atoms with Crippen LogP contribution in [0.5, 0.6) is 11.5 Å². The molecule has 1 aliphatic rings. The lowest BCUT2D eigenvalue weighted by molar-refractivity contribution is -0.121. The molecule has 0 aliphatic carbocycles. The molecule has 3 rings (SSSR count). The first-order chi connectivity index (χ1) is 14.0. The molecule has 2 amide bonds. The summed E-state index contributed by atoms with van der Waals surface area (Å²) in [6.45, 7) is 5.22. The molecule has 2 aromatic rings. The van der Waals surface area contributed by atoms with Gasteiger partial charge in [-0.05, 0) is 37.6 Å². The van der Waals surface area contributed by atoms with Crippen molar-refractivity contribution in [2.24, 2.45) is 0 Å². The first kappa shape index (κ1) is 20.7. The van der Waals surface area contributed by atoms with E-state index in [-0.39, 0.29) is 25.0 Å². The Labute approximate surface area is 169 Å². The van der Waals surface area contributed by atoms with Crippen molar-refractivity contribution in [3.63, 3.8) is 0 Å². The second-order valence-corrected chi connectivity index (χ2v) is 6.83. The molecule has 0 unspecified atom stereocenters. The van der Waals surface area contributed by atoms with Gasteiger partial charge in [0.05, 0.1) is 12.2 Å². The summed E-state index contributed by atoms with van der Waals surface area (Å²) in [5.74, 6) is 2.33. The molecule has 2 heterocycles. The van der Waals surface area contributed by atoms with Gasteiger partial charge in [0.25, 0.3) is 5.91 Å². The van der Waals surface area contributed by atoms with Crippen LogP contribution in [0.1, 0.15) is 33.9 Å². The Morgan fingerprint density at radius 2 is 1.93 bits per heavy atom. The number of aryl methyl sites for hydroxylation is 2. The molecule has 0 fully saturated rings. The maximum Gasteiger partial charge on any atom is 0.257 e. The Hall–Kier alpha value is -3.00. The third kappa shape index (κ3) is 5.29. The van der Waals surface area contributed by atoms with Crippen molar-refractivity contribution >= 4 is 11.8 Å². The van der Waals surface area contributed by atoms with Crippen LogP contribution in [0.3, 0.4) is 0 Å². The highest BCUT2D eigenvalue weighted by Gasteiger charge is 2.21. The lowest BCUT2D eigenvalue weighted by Gasteiger charge is -2.22. The number of carbonyl (C=O) groups excluding carboxylic acids is 2. The van der Waals surface area contributed by atoms with E-state index in [1.54, 1.807) is 31.9 Å². The van der Waals surface area contributed by atoms with Gasteiger partial charge in [0.2, 0.25) is 12.7 Å². The number of carbonyl (C=O) groups is 2. The van der Waals surface area contributed by atoms with E-state index in [4.69, 9.17) is 18.6 Å². The third-order valence-electron chi connectivity index (χ3n) is 4.66. The van der Waals surface area contributed by atoms with Gasteiger partial charge in [0.15, 0.2) is 11.5 Å². The molecule has 0 bridgehead atoms. The number of nitrogens with zero attached hydrogens (tertiary/aromatic N) is 1. The van der Waals surface area contributed by atoms with E-state index in [1.165, 1.54) is 0 Å². The quantitative estimate of drug-likeness (QED) is 0.693. The van der Waals surface area contributed by atoms with Crippen molar-refractivity contribution in [3.8, 4) is 11.5 Å². The smallest absolute Gasteiger partial charge is 0.257 e. The number of methoxy groups -OCH3 is 1. The highest BCUT2D eigenvalue weighted by molar-refractivity contribution is 5.95. The summed E-state index contributed by atoms with van der Waals surface area (Å²) in [6, 6.07) is 7.27. The van der Waals surface area contributed by atoms with Gasteiger partial charge in [-0.1, -0.05) is 6.07 Å². The standard InChI is InChI=1S/C21H26N2O6/c1-14-10-17(15(2)29-14)21(25)23(8-9-26-3)7-6-20(24)22-12-16-4-5-18-19(11-16)28-13-27-18/h4-5,10-11H,6-9,12-13H2,1-3H3,(H,22,24). The van der Waals surface area contributed by atoms with Crippen LogP contribution in [0.4, 0.5) is 0 Å². The number of nitrogens with one attached hydrogen (secondary N) is 1. The molecule has 0 spiro atoms. The van der Waals surface area contributed by atoms with Crippen molar-refractivity contribution in [1.29, 1.82) is 0 Å². The van der Waals surface area contributed by atoms with E-state index in [9.17, 15) is 9.59 Å². The molecule has 156 valence electrons. The van der Waals surface area contributed by atoms with E-state index < -0.39 is 0 Å². The fourth-order valence-corrected chi connectivity index (χ4v) is 3.11. The van der Waals surface area contributed by atoms with Gasteiger partial charge in [-0.25, -0.2) is 0 Å². The van der Waals surface area contributed by atoms with E-state index >= 15 is 0 Å². The van der Waals surface area contributed by atoms with Gasteiger partial charge in [-0.3, -0.25) is 9.59 Å². The minimum Gasteiger partial charge on any atom is -0.466 e. The predicted octanol–water partition coefficient (Wildman–Crippen LogP) is 2.42. The van der Waals surface area contributed by atoms with Crippen LogP contribution in [0.25, 0.3) is 0 Å². The Morgan fingerprint density at radius 3 is 2.66 bits per heavy atom. The summed E-state index contributed by atoms with van der Waals surface area (Å²) in [5.41, 5.74) is 1.43. The monoisotopic (exact) mass is 402 g/mol. The summed E-state index contributed by atoms with van der Waals surface area (Å²) >= 11 is 0. The largest absolute Gasteiger partial charge is 0.466 e. The third-order valence-corrected chi connectivity index (χ3v) is 4.66. The van der Waals surface area contributed by atoms with Crippen LogP contribution in [0.15, 0.2) is 28.7 Å². The van der Waals surface area contributed by atoms with Gasteiger partial charge < -0.3 is 28.8 Å². The Balaban J connectivity index is 1.53. The molecule has 0 atom stereocenters. The first-order valence-electron chi connectivity index (χ1n) is 9.48. The topological polar surface area (TPSA) is 90.2 Å².